The Labute approximate surface area is 250 Å². The van der Waals surface area contributed by atoms with Gasteiger partial charge < -0.3 is 19.3 Å². The number of fused-ring (bicyclic) bond motifs is 1. The second-order valence-corrected chi connectivity index (χ2v) is 14.4. The van der Waals surface area contributed by atoms with Crippen molar-refractivity contribution >= 4 is 43.2 Å². The number of hydrogen-bond acceptors (Lipinski definition) is 9. The number of carbonyl (C=O) groups excluding carboxylic acids is 1. The summed E-state index contributed by atoms with van der Waals surface area (Å²) >= 11 is 5.92. The molecule has 0 spiro atoms. The number of amides is 1. The van der Waals surface area contributed by atoms with Crippen LogP contribution in [0.25, 0.3) is 0 Å². The topological polar surface area (TPSA) is 159 Å². The van der Waals surface area contributed by atoms with Gasteiger partial charge in [0.1, 0.15) is 17.5 Å². The number of nitrogens with one attached hydrogen (secondary N) is 1. The monoisotopic (exact) mass is 640 g/mol. The highest BCUT2D eigenvalue weighted by Crippen LogP contribution is 2.32. The summed E-state index contributed by atoms with van der Waals surface area (Å²) < 4.78 is 67.6. The zero-order valence-electron chi connectivity index (χ0n) is 23.7. The minimum atomic E-state index is -4.10. The number of nitrogens with zero attached hydrogens (tertiary/aromatic N) is 3. The van der Waals surface area contributed by atoms with Gasteiger partial charge in [0, 0.05) is 30.2 Å². The first-order chi connectivity index (χ1) is 19.6. The Bertz CT molecular complexity index is 1660. The first kappa shape index (κ1) is 31.8. The van der Waals surface area contributed by atoms with E-state index in [2.05, 4.69) is 9.88 Å². The fourth-order valence-electron chi connectivity index (χ4n) is 4.71. The van der Waals surface area contributed by atoms with Crippen molar-refractivity contribution in [3.63, 3.8) is 0 Å². The number of aryl methyl sites for hydroxylation is 2. The highest BCUT2D eigenvalue weighted by atomic mass is 35.5. The lowest BCUT2D eigenvalue weighted by Gasteiger charge is -2.38. The lowest BCUT2D eigenvalue weighted by Crippen LogP contribution is -2.50. The Morgan fingerprint density at radius 3 is 2.43 bits per heavy atom. The zero-order valence-corrected chi connectivity index (χ0v) is 26.1. The second-order valence-electron chi connectivity index (χ2n) is 10.3. The fraction of sp³-hybridized carbons (Fsp3) is 0.407. The average molecular weight is 641 g/mol. The van der Waals surface area contributed by atoms with Gasteiger partial charge in [-0.3, -0.25) is 9.52 Å². The molecule has 0 radical (unpaired) electrons. The molecule has 1 aliphatic rings. The molecule has 42 heavy (non-hydrogen) atoms. The van der Waals surface area contributed by atoms with Gasteiger partial charge in [0.05, 0.1) is 29.7 Å². The van der Waals surface area contributed by atoms with E-state index < -0.39 is 38.1 Å². The summed E-state index contributed by atoms with van der Waals surface area (Å²) in [6, 6.07) is 9.49. The first-order valence-corrected chi connectivity index (χ1v) is 16.4. The molecule has 1 amide bonds. The minimum Gasteiger partial charge on any atom is -0.488 e. The number of anilines is 1. The summed E-state index contributed by atoms with van der Waals surface area (Å²) in [6.45, 7) is 6.27. The van der Waals surface area contributed by atoms with Crippen LogP contribution in [0.4, 0.5) is 5.69 Å². The fourth-order valence-corrected chi connectivity index (χ4v) is 7.40. The molecule has 15 heteroatoms. The SMILES string of the molecule is Cc1noc(C)c1S(=O)(=O)Nc1ccc2c(c1)C(=O)N([C@H](C)CO)C[C@H](C)[C@H](CN(C)S(=O)(=O)c1ccc(Cl)cc1)O2. The maximum absolute atomic E-state index is 13.7. The molecular formula is C27H33ClN4O8S2. The highest BCUT2D eigenvalue weighted by molar-refractivity contribution is 7.92. The normalized spacial score (nSPS) is 18.7. The van der Waals surface area contributed by atoms with Crippen LogP contribution >= 0.6 is 11.6 Å². The van der Waals surface area contributed by atoms with Crippen LogP contribution in [0.3, 0.4) is 0 Å². The van der Waals surface area contributed by atoms with E-state index in [1.807, 2.05) is 6.92 Å². The Morgan fingerprint density at radius 1 is 1.17 bits per heavy atom. The van der Waals surface area contributed by atoms with Crippen LogP contribution in [0.1, 0.15) is 35.7 Å². The quantitative estimate of drug-likeness (QED) is 0.358. The Morgan fingerprint density at radius 2 is 1.83 bits per heavy atom. The smallest absolute Gasteiger partial charge is 0.267 e. The molecule has 0 fully saturated rings. The summed E-state index contributed by atoms with van der Waals surface area (Å²) in [7, 11) is -6.56. The molecule has 4 rings (SSSR count). The number of aliphatic hydroxyl groups is 1. The van der Waals surface area contributed by atoms with Crippen LogP contribution in [0, 0.1) is 19.8 Å². The molecule has 0 aliphatic carbocycles. The predicted molar refractivity (Wildman–Crippen MR) is 156 cm³/mol. The number of ether oxygens (including phenoxy) is 1. The second kappa shape index (κ2) is 12.2. The maximum Gasteiger partial charge on any atom is 0.267 e. The molecule has 3 atom stereocenters. The molecule has 2 N–H and O–H groups in total. The molecule has 1 aliphatic heterocycles. The lowest BCUT2D eigenvalue weighted by molar-refractivity contribution is 0.0387. The minimum absolute atomic E-state index is 0.0503. The van der Waals surface area contributed by atoms with Crippen molar-refractivity contribution in [2.75, 3.05) is 31.5 Å². The number of sulfonamides is 2. The Kier molecular flexibility index (Phi) is 9.23. The summed E-state index contributed by atoms with van der Waals surface area (Å²) in [5, 5.41) is 14.0. The standard InChI is InChI=1S/C27H33ClN4O8S2/c1-16-13-32(17(2)15-33)27(34)23-12-21(30-41(35,36)26-18(3)29-40-19(26)4)8-11-24(23)39-25(16)14-31(5)42(37,38)22-9-6-20(28)7-10-22/h6-12,16-17,25,30,33H,13-15H2,1-5H3/t16-,17+,25-/m0/s1. The number of carbonyl (C=O) groups is 1. The number of benzene rings is 2. The van der Waals surface area contributed by atoms with Crippen molar-refractivity contribution in [1.29, 1.82) is 0 Å². The van der Waals surface area contributed by atoms with Gasteiger partial charge in [0.25, 0.3) is 15.9 Å². The molecule has 3 aromatic rings. The third-order valence-corrected chi connectivity index (χ3v) is 10.8. The third kappa shape index (κ3) is 6.42. The molecule has 228 valence electrons. The number of aliphatic hydroxyl groups excluding tert-OH is 1. The van der Waals surface area contributed by atoms with E-state index in [9.17, 15) is 26.7 Å². The van der Waals surface area contributed by atoms with Crippen LogP contribution in [0.5, 0.6) is 5.75 Å². The number of halogens is 1. The van der Waals surface area contributed by atoms with Gasteiger partial charge in [-0.1, -0.05) is 23.7 Å². The van der Waals surface area contributed by atoms with Gasteiger partial charge in [-0.05, 0) is 63.2 Å². The van der Waals surface area contributed by atoms with Crippen molar-refractivity contribution in [2.24, 2.45) is 5.92 Å². The van der Waals surface area contributed by atoms with Crippen molar-refractivity contribution in [1.82, 2.24) is 14.4 Å². The lowest BCUT2D eigenvalue weighted by atomic mass is 9.99. The molecule has 2 aromatic carbocycles. The van der Waals surface area contributed by atoms with Crippen molar-refractivity contribution in [2.45, 2.75) is 49.6 Å². The van der Waals surface area contributed by atoms with Crippen LogP contribution in [0.15, 0.2) is 56.8 Å². The van der Waals surface area contributed by atoms with Gasteiger partial charge in [-0.2, -0.15) is 4.31 Å². The van der Waals surface area contributed by atoms with Crippen molar-refractivity contribution in [3.8, 4) is 5.75 Å². The molecular weight excluding hydrogens is 608 g/mol. The summed E-state index contributed by atoms with van der Waals surface area (Å²) in [5.74, 6) is -0.568. The number of aromatic nitrogens is 1. The van der Waals surface area contributed by atoms with E-state index in [-0.39, 0.29) is 63.9 Å². The highest BCUT2D eigenvalue weighted by Gasteiger charge is 2.36. The van der Waals surface area contributed by atoms with Crippen molar-refractivity contribution < 1.29 is 36.0 Å². The maximum atomic E-state index is 13.7. The molecule has 0 bridgehead atoms. The van der Waals surface area contributed by atoms with E-state index in [1.54, 1.807) is 6.92 Å². The largest absolute Gasteiger partial charge is 0.488 e. The van der Waals surface area contributed by atoms with Gasteiger partial charge >= 0.3 is 0 Å². The van der Waals surface area contributed by atoms with E-state index in [0.29, 0.717) is 5.02 Å². The van der Waals surface area contributed by atoms with Gasteiger partial charge in [-0.25, -0.2) is 16.8 Å². The number of rotatable bonds is 9. The van der Waals surface area contributed by atoms with E-state index in [1.165, 1.54) is 72.6 Å². The van der Waals surface area contributed by atoms with Gasteiger partial charge in [-0.15, -0.1) is 0 Å². The number of hydrogen-bond donors (Lipinski definition) is 2. The van der Waals surface area contributed by atoms with Crippen LogP contribution in [-0.4, -0.2) is 81.1 Å². The molecule has 0 saturated heterocycles. The summed E-state index contributed by atoms with van der Waals surface area (Å²) in [6.07, 6.45) is -0.706. The molecule has 1 aromatic heterocycles. The third-order valence-electron chi connectivity index (χ3n) is 7.11. The number of likely N-dealkylation sites (N-methyl/N-ethyl adjacent to an activating group) is 1. The van der Waals surface area contributed by atoms with Crippen LogP contribution in [0.2, 0.25) is 5.02 Å². The average Bonchev–Trinajstić information content (AvgIpc) is 3.28. The van der Waals surface area contributed by atoms with E-state index >= 15 is 0 Å². The summed E-state index contributed by atoms with van der Waals surface area (Å²) in [4.78, 5) is 15.1. The molecule has 12 nitrogen and oxygen atoms in total. The predicted octanol–water partition coefficient (Wildman–Crippen LogP) is 3.29. The van der Waals surface area contributed by atoms with Crippen LogP contribution in [-0.2, 0) is 20.0 Å². The van der Waals surface area contributed by atoms with Gasteiger partial charge in [0.2, 0.25) is 10.0 Å². The van der Waals surface area contributed by atoms with Crippen molar-refractivity contribution in [3.05, 3.63) is 64.5 Å². The van der Waals surface area contributed by atoms with E-state index in [4.69, 9.17) is 20.9 Å². The van der Waals surface area contributed by atoms with Gasteiger partial charge in [0.15, 0.2) is 10.7 Å². The molecule has 0 unspecified atom stereocenters. The molecule has 0 saturated carbocycles. The summed E-state index contributed by atoms with van der Waals surface area (Å²) in [5.41, 5.74) is 0.326. The van der Waals surface area contributed by atoms with E-state index in [0.717, 1.165) is 0 Å². The van der Waals surface area contributed by atoms with Crippen LogP contribution < -0.4 is 9.46 Å². The Hall–Kier alpha value is -3.17. The molecule has 2 heterocycles. The first-order valence-electron chi connectivity index (χ1n) is 13.1. The Balaban J connectivity index is 1.69. The zero-order chi connectivity index (χ0) is 31.0.